The molecule has 0 unspecified atom stereocenters. The van der Waals surface area contributed by atoms with Crippen LogP contribution in [-0.4, -0.2) is 59.4 Å². The van der Waals surface area contributed by atoms with E-state index in [4.69, 9.17) is 9.47 Å². The molecule has 7 heteroatoms. The summed E-state index contributed by atoms with van der Waals surface area (Å²) in [6.07, 6.45) is 4.71. The van der Waals surface area contributed by atoms with E-state index >= 15 is 0 Å². The van der Waals surface area contributed by atoms with E-state index in [-0.39, 0.29) is 12.5 Å². The van der Waals surface area contributed by atoms with E-state index in [1.807, 2.05) is 42.5 Å². The van der Waals surface area contributed by atoms with Gasteiger partial charge in [-0.05, 0) is 48.4 Å². The van der Waals surface area contributed by atoms with Gasteiger partial charge >= 0.3 is 5.97 Å². The number of rotatable bonds is 9. The molecule has 1 saturated heterocycles. The third-order valence-corrected chi connectivity index (χ3v) is 5.96. The van der Waals surface area contributed by atoms with Crippen molar-refractivity contribution >= 4 is 18.0 Å². The fourth-order valence-corrected chi connectivity index (χ4v) is 3.98. The van der Waals surface area contributed by atoms with Gasteiger partial charge in [-0.15, -0.1) is 0 Å². The molecule has 36 heavy (non-hydrogen) atoms. The lowest BCUT2D eigenvalue weighted by atomic mass is 10.1. The third kappa shape index (κ3) is 7.78. The van der Waals surface area contributed by atoms with Crippen molar-refractivity contribution in [1.82, 2.24) is 14.8 Å². The van der Waals surface area contributed by atoms with Crippen molar-refractivity contribution in [2.45, 2.75) is 20.1 Å². The maximum absolute atomic E-state index is 12.5. The maximum Gasteiger partial charge on any atom is 0.331 e. The minimum absolute atomic E-state index is 0.165. The predicted molar refractivity (Wildman–Crippen MR) is 138 cm³/mol. The molecule has 1 aliphatic rings. The van der Waals surface area contributed by atoms with Gasteiger partial charge in [0.25, 0.3) is 5.91 Å². The molecule has 3 aromatic rings. The van der Waals surface area contributed by atoms with Crippen molar-refractivity contribution in [1.29, 1.82) is 0 Å². The fourth-order valence-electron chi connectivity index (χ4n) is 3.98. The van der Waals surface area contributed by atoms with E-state index in [0.717, 1.165) is 30.9 Å². The zero-order chi connectivity index (χ0) is 25.2. The Hall–Kier alpha value is -3.97. The highest BCUT2D eigenvalue weighted by molar-refractivity contribution is 5.89. The van der Waals surface area contributed by atoms with Crippen molar-refractivity contribution < 1.29 is 19.1 Å². The van der Waals surface area contributed by atoms with Crippen LogP contribution >= 0.6 is 0 Å². The van der Waals surface area contributed by atoms with Crippen LogP contribution in [0.25, 0.3) is 6.08 Å². The zero-order valence-corrected chi connectivity index (χ0v) is 20.5. The summed E-state index contributed by atoms with van der Waals surface area (Å²) < 4.78 is 10.9. The lowest BCUT2D eigenvalue weighted by molar-refractivity contribution is -0.149. The van der Waals surface area contributed by atoms with Crippen LogP contribution in [0.1, 0.15) is 22.4 Å². The van der Waals surface area contributed by atoms with Crippen molar-refractivity contribution in [2.24, 2.45) is 0 Å². The van der Waals surface area contributed by atoms with Crippen LogP contribution in [0.5, 0.6) is 5.75 Å². The largest absolute Gasteiger partial charge is 0.487 e. The molecule has 186 valence electrons. The van der Waals surface area contributed by atoms with Gasteiger partial charge < -0.3 is 14.4 Å². The van der Waals surface area contributed by atoms with Crippen molar-refractivity contribution in [3.05, 3.63) is 101 Å². The molecule has 0 radical (unpaired) electrons. The van der Waals surface area contributed by atoms with Crippen LogP contribution in [0.4, 0.5) is 0 Å². The minimum atomic E-state index is -0.545. The summed E-state index contributed by atoms with van der Waals surface area (Å²) in [7, 11) is 0. The third-order valence-electron chi connectivity index (χ3n) is 5.96. The average molecular weight is 486 g/mol. The molecule has 1 aromatic heterocycles. The van der Waals surface area contributed by atoms with E-state index in [1.54, 1.807) is 17.2 Å². The van der Waals surface area contributed by atoms with Crippen LogP contribution in [0.2, 0.25) is 0 Å². The molecule has 2 aromatic carbocycles. The summed E-state index contributed by atoms with van der Waals surface area (Å²) in [6, 6.07) is 21.5. The number of amides is 1. The number of aromatic nitrogens is 1. The molecule has 7 nitrogen and oxygen atoms in total. The van der Waals surface area contributed by atoms with Gasteiger partial charge in [-0.2, -0.15) is 0 Å². The van der Waals surface area contributed by atoms with Crippen LogP contribution < -0.4 is 4.74 Å². The molecule has 0 saturated carbocycles. The SMILES string of the molecule is Cc1cccc(CN2CCN(C(=O)COC(=O)/C=C/c3ccc(OCc4ccccn4)cc3)CC2)c1. The first-order valence-corrected chi connectivity index (χ1v) is 12.1. The van der Waals surface area contributed by atoms with Crippen molar-refractivity contribution in [3.63, 3.8) is 0 Å². The first-order chi connectivity index (χ1) is 17.5. The van der Waals surface area contributed by atoms with Gasteiger partial charge in [-0.25, -0.2) is 4.79 Å². The normalized spacial score (nSPS) is 14.1. The number of piperazine rings is 1. The van der Waals surface area contributed by atoms with Gasteiger partial charge in [0, 0.05) is 45.0 Å². The molecular formula is C29H31N3O4. The number of esters is 1. The average Bonchev–Trinajstić information content (AvgIpc) is 2.91. The first kappa shape index (κ1) is 25.1. The molecule has 1 fully saturated rings. The Balaban J connectivity index is 1.15. The Morgan fingerprint density at radius 3 is 2.50 bits per heavy atom. The highest BCUT2D eigenvalue weighted by atomic mass is 16.5. The minimum Gasteiger partial charge on any atom is -0.487 e. The number of benzene rings is 2. The number of ether oxygens (including phenoxy) is 2. The molecular weight excluding hydrogens is 454 g/mol. The number of aryl methyl sites for hydroxylation is 1. The van der Waals surface area contributed by atoms with Crippen LogP contribution in [0.3, 0.4) is 0 Å². The number of carbonyl (C=O) groups excluding carboxylic acids is 2. The van der Waals surface area contributed by atoms with Crippen molar-refractivity contribution in [3.8, 4) is 5.75 Å². The van der Waals surface area contributed by atoms with Gasteiger partial charge in [0.15, 0.2) is 6.61 Å². The Kier molecular flexibility index (Phi) is 8.83. The van der Waals surface area contributed by atoms with Crippen LogP contribution in [0.15, 0.2) is 79.0 Å². The second kappa shape index (κ2) is 12.7. The number of hydrogen-bond acceptors (Lipinski definition) is 6. The molecule has 0 N–H and O–H groups in total. The standard InChI is InChI=1S/C29H31N3O4/c1-23-5-4-6-25(19-23)20-31-15-17-32(18-16-31)28(33)22-36-29(34)13-10-24-8-11-27(12-9-24)35-21-26-7-2-3-14-30-26/h2-14,19H,15-18,20-22H2,1H3/b13-10+. The summed E-state index contributed by atoms with van der Waals surface area (Å²) >= 11 is 0. The molecule has 4 rings (SSSR count). The second-order valence-electron chi connectivity index (χ2n) is 8.77. The van der Waals surface area contributed by atoms with Gasteiger partial charge in [0.2, 0.25) is 0 Å². The van der Waals surface area contributed by atoms with E-state index in [2.05, 4.69) is 41.1 Å². The summed E-state index contributed by atoms with van der Waals surface area (Å²) in [5, 5.41) is 0. The summed E-state index contributed by atoms with van der Waals surface area (Å²) in [5.41, 5.74) is 4.21. The number of nitrogens with zero attached hydrogens (tertiary/aromatic N) is 3. The van der Waals surface area contributed by atoms with E-state index < -0.39 is 5.97 Å². The molecule has 0 atom stereocenters. The number of carbonyl (C=O) groups is 2. The summed E-state index contributed by atoms with van der Waals surface area (Å²) in [4.78, 5) is 32.9. The lowest BCUT2D eigenvalue weighted by Gasteiger charge is -2.34. The molecule has 1 amide bonds. The zero-order valence-electron chi connectivity index (χ0n) is 20.5. The van der Waals surface area contributed by atoms with Gasteiger partial charge in [-0.1, -0.05) is 48.0 Å². The Morgan fingerprint density at radius 2 is 1.78 bits per heavy atom. The van der Waals surface area contributed by atoms with Gasteiger partial charge in [0.05, 0.1) is 5.69 Å². The Labute approximate surface area is 212 Å². The summed E-state index contributed by atoms with van der Waals surface area (Å²) in [5.74, 6) is 0.00299. The van der Waals surface area contributed by atoms with E-state index in [9.17, 15) is 9.59 Å². The first-order valence-electron chi connectivity index (χ1n) is 12.1. The molecule has 0 spiro atoms. The van der Waals surface area contributed by atoms with Crippen LogP contribution in [-0.2, 0) is 27.5 Å². The van der Waals surface area contributed by atoms with E-state index in [0.29, 0.717) is 25.4 Å². The Morgan fingerprint density at radius 1 is 0.972 bits per heavy atom. The molecule has 2 heterocycles. The van der Waals surface area contributed by atoms with Crippen molar-refractivity contribution in [2.75, 3.05) is 32.8 Å². The molecule has 0 bridgehead atoms. The Bertz CT molecular complexity index is 1170. The fraction of sp³-hybridized carbons (Fsp3) is 0.276. The number of hydrogen-bond donors (Lipinski definition) is 0. The molecule has 0 aliphatic carbocycles. The smallest absolute Gasteiger partial charge is 0.331 e. The second-order valence-corrected chi connectivity index (χ2v) is 8.77. The number of pyridine rings is 1. The quantitative estimate of drug-likeness (QED) is 0.339. The summed E-state index contributed by atoms with van der Waals surface area (Å²) in [6.45, 7) is 5.97. The lowest BCUT2D eigenvalue weighted by Crippen LogP contribution is -2.49. The maximum atomic E-state index is 12.5. The van der Waals surface area contributed by atoms with Crippen LogP contribution in [0, 0.1) is 6.92 Å². The highest BCUT2D eigenvalue weighted by Crippen LogP contribution is 2.15. The monoisotopic (exact) mass is 485 g/mol. The topological polar surface area (TPSA) is 72.0 Å². The van der Waals surface area contributed by atoms with Gasteiger partial charge in [0.1, 0.15) is 12.4 Å². The predicted octanol–water partition coefficient (Wildman–Crippen LogP) is 3.87. The van der Waals surface area contributed by atoms with Gasteiger partial charge in [-0.3, -0.25) is 14.7 Å². The highest BCUT2D eigenvalue weighted by Gasteiger charge is 2.21. The van der Waals surface area contributed by atoms with E-state index in [1.165, 1.54) is 17.2 Å². The molecule has 1 aliphatic heterocycles.